The van der Waals surface area contributed by atoms with Crippen LogP contribution in [0.3, 0.4) is 0 Å². The number of amides is 1. The van der Waals surface area contributed by atoms with Crippen LogP contribution in [0.1, 0.15) is 38.8 Å². The summed E-state index contributed by atoms with van der Waals surface area (Å²) < 4.78 is 5.96. The highest BCUT2D eigenvalue weighted by Gasteiger charge is 2.10. The fourth-order valence-corrected chi connectivity index (χ4v) is 4.19. The predicted octanol–water partition coefficient (Wildman–Crippen LogP) is 6.40. The Bertz CT molecular complexity index is 836. The lowest BCUT2D eigenvalue weighted by molar-refractivity contribution is -0.123. The second-order valence-electron chi connectivity index (χ2n) is 8.28. The summed E-state index contributed by atoms with van der Waals surface area (Å²) in [5.74, 6) is 3.71. The summed E-state index contributed by atoms with van der Waals surface area (Å²) in [6, 6.07) is 12.2. The van der Waals surface area contributed by atoms with Crippen molar-refractivity contribution in [2.45, 2.75) is 41.0 Å². The van der Waals surface area contributed by atoms with E-state index in [-0.39, 0.29) is 11.8 Å². The quantitative estimate of drug-likeness (QED) is 0.405. The maximum Gasteiger partial charge on any atom is 0.222 e. The van der Waals surface area contributed by atoms with E-state index < -0.39 is 0 Å². The second kappa shape index (κ2) is 12.3. The highest BCUT2D eigenvalue weighted by molar-refractivity contribution is 7.99. The molecule has 0 radical (unpaired) electrons. The van der Waals surface area contributed by atoms with Gasteiger partial charge in [-0.05, 0) is 65.5 Å². The number of hydrogen-bond donors (Lipinski definition) is 1. The molecule has 164 valence electrons. The fraction of sp³-hybridized carbons (Fsp3) is 0.480. The first-order valence-corrected chi connectivity index (χ1v) is 12.2. The van der Waals surface area contributed by atoms with Gasteiger partial charge in [-0.2, -0.15) is 11.8 Å². The number of hydrogen-bond acceptors (Lipinski definition) is 3. The zero-order chi connectivity index (χ0) is 22.1. The zero-order valence-electron chi connectivity index (χ0n) is 18.8. The Morgan fingerprint density at radius 1 is 1.17 bits per heavy atom. The summed E-state index contributed by atoms with van der Waals surface area (Å²) in [5.41, 5.74) is 4.63. The molecular weight excluding hydrogens is 414 g/mol. The summed E-state index contributed by atoms with van der Waals surface area (Å²) in [4.78, 5) is 11.8. The Morgan fingerprint density at radius 2 is 1.93 bits per heavy atom. The van der Waals surface area contributed by atoms with Crippen LogP contribution in [0.5, 0.6) is 5.75 Å². The molecule has 2 aromatic rings. The van der Waals surface area contributed by atoms with Gasteiger partial charge in [0.2, 0.25) is 5.91 Å². The second-order valence-corrected chi connectivity index (χ2v) is 9.86. The molecule has 0 atom stereocenters. The Kier molecular flexibility index (Phi) is 10.1. The van der Waals surface area contributed by atoms with Gasteiger partial charge in [0.15, 0.2) is 0 Å². The molecule has 2 rings (SSSR count). The summed E-state index contributed by atoms with van der Waals surface area (Å²) in [6.45, 7) is 11.7. The van der Waals surface area contributed by atoms with Gasteiger partial charge in [0.25, 0.3) is 0 Å². The fourth-order valence-electron chi connectivity index (χ4n) is 3.13. The predicted molar refractivity (Wildman–Crippen MR) is 131 cm³/mol. The molecule has 1 N–H and O–H groups in total. The molecule has 30 heavy (non-hydrogen) atoms. The third-order valence-electron chi connectivity index (χ3n) is 4.79. The molecule has 1 amide bonds. The number of halogens is 1. The van der Waals surface area contributed by atoms with Crippen molar-refractivity contribution in [1.82, 2.24) is 5.32 Å². The van der Waals surface area contributed by atoms with E-state index in [1.807, 2.05) is 37.7 Å². The minimum absolute atomic E-state index is 0.00564. The van der Waals surface area contributed by atoms with Crippen molar-refractivity contribution >= 4 is 29.3 Å². The van der Waals surface area contributed by atoms with Crippen molar-refractivity contribution < 1.29 is 9.53 Å². The minimum atomic E-state index is 0.00564. The van der Waals surface area contributed by atoms with E-state index in [0.29, 0.717) is 24.1 Å². The van der Waals surface area contributed by atoms with Crippen molar-refractivity contribution in [3.8, 4) is 16.9 Å². The van der Waals surface area contributed by atoms with Gasteiger partial charge in [-0.15, -0.1) is 0 Å². The number of ether oxygens (including phenoxy) is 1. The van der Waals surface area contributed by atoms with Gasteiger partial charge in [0, 0.05) is 23.2 Å². The van der Waals surface area contributed by atoms with Gasteiger partial charge in [-0.3, -0.25) is 4.79 Å². The Morgan fingerprint density at radius 3 is 2.63 bits per heavy atom. The molecule has 2 aromatic carbocycles. The molecule has 0 aliphatic rings. The molecular formula is C25H34ClNO2S. The molecule has 0 fully saturated rings. The van der Waals surface area contributed by atoms with Gasteiger partial charge in [0.05, 0.1) is 6.61 Å². The molecule has 0 aromatic heterocycles. The van der Waals surface area contributed by atoms with E-state index in [0.717, 1.165) is 34.8 Å². The van der Waals surface area contributed by atoms with Crippen LogP contribution in [0.15, 0.2) is 36.4 Å². The maximum absolute atomic E-state index is 11.8. The highest BCUT2D eigenvalue weighted by Crippen LogP contribution is 2.32. The first-order valence-electron chi connectivity index (χ1n) is 10.7. The number of rotatable bonds is 11. The molecule has 0 bridgehead atoms. The largest absolute Gasteiger partial charge is 0.493 e. The number of benzene rings is 2. The average Bonchev–Trinajstić information content (AvgIpc) is 2.68. The van der Waals surface area contributed by atoms with Crippen LogP contribution in [0, 0.1) is 18.8 Å². The van der Waals surface area contributed by atoms with Gasteiger partial charge < -0.3 is 10.1 Å². The molecule has 5 heteroatoms. The van der Waals surface area contributed by atoms with Gasteiger partial charge in [-0.1, -0.05) is 57.5 Å². The number of thioether (sulfide) groups is 1. The smallest absolute Gasteiger partial charge is 0.222 e. The molecule has 3 nitrogen and oxygen atoms in total. The molecule has 0 saturated heterocycles. The van der Waals surface area contributed by atoms with Gasteiger partial charge in [-0.25, -0.2) is 0 Å². The van der Waals surface area contributed by atoms with E-state index in [9.17, 15) is 4.79 Å². The number of nitrogens with one attached hydrogen (secondary N) is 1. The normalized spacial score (nSPS) is 11.2. The van der Waals surface area contributed by atoms with Crippen molar-refractivity contribution in [1.29, 1.82) is 0 Å². The van der Waals surface area contributed by atoms with Gasteiger partial charge >= 0.3 is 0 Å². The van der Waals surface area contributed by atoms with Crippen molar-refractivity contribution in [3.63, 3.8) is 0 Å². The van der Waals surface area contributed by atoms with E-state index in [2.05, 4.69) is 50.4 Å². The minimum Gasteiger partial charge on any atom is -0.493 e. The van der Waals surface area contributed by atoms with Crippen LogP contribution in [-0.4, -0.2) is 30.6 Å². The van der Waals surface area contributed by atoms with Crippen LogP contribution in [0.25, 0.3) is 11.1 Å². The highest BCUT2D eigenvalue weighted by atomic mass is 35.5. The van der Waals surface area contributed by atoms with E-state index in [1.165, 1.54) is 11.1 Å². The Labute approximate surface area is 190 Å². The van der Waals surface area contributed by atoms with Crippen LogP contribution in [-0.2, 0) is 11.2 Å². The van der Waals surface area contributed by atoms with Crippen LogP contribution in [0.2, 0.25) is 5.02 Å². The third-order valence-corrected chi connectivity index (χ3v) is 6.37. The van der Waals surface area contributed by atoms with Crippen molar-refractivity contribution in [2.24, 2.45) is 11.8 Å². The monoisotopic (exact) mass is 447 g/mol. The van der Waals surface area contributed by atoms with Crippen LogP contribution >= 0.6 is 23.4 Å². The topological polar surface area (TPSA) is 38.3 Å². The number of carbonyl (C=O) groups excluding carboxylic acids is 1. The first kappa shape index (κ1) is 24.6. The molecule has 0 aliphatic heterocycles. The number of carbonyl (C=O) groups is 1. The zero-order valence-corrected chi connectivity index (χ0v) is 20.3. The van der Waals surface area contributed by atoms with Gasteiger partial charge in [0.1, 0.15) is 5.75 Å². The molecule has 0 unspecified atom stereocenters. The van der Waals surface area contributed by atoms with Crippen LogP contribution < -0.4 is 10.1 Å². The van der Waals surface area contributed by atoms with Crippen molar-refractivity contribution in [2.75, 3.05) is 24.7 Å². The SMILES string of the molecule is Cc1c(CCNC(=O)C(C)C)cccc1-c1cc(Cl)cc(OCCSCC(C)C)c1. The van der Waals surface area contributed by atoms with Crippen molar-refractivity contribution in [3.05, 3.63) is 52.5 Å². The first-order chi connectivity index (χ1) is 14.3. The average molecular weight is 448 g/mol. The molecule has 0 saturated carbocycles. The lowest BCUT2D eigenvalue weighted by atomic mass is 9.95. The standard InChI is InChI=1S/C25H34ClNO2S/c1-17(2)16-30-12-11-29-23-14-21(13-22(26)15-23)24-8-6-7-20(19(24)5)9-10-27-25(28)18(3)4/h6-8,13-15,17-18H,9-12,16H2,1-5H3,(H,27,28). The maximum atomic E-state index is 11.8. The Hall–Kier alpha value is -1.65. The summed E-state index contributed by atoms with van der Waals surface area (Å²) >= 11 is 8.30. The Balaban J connectivity index is 2.07. The lowest BCUT2D eigenvalue weighted by Crippen LogP contribution is -2.29. The molecule has 0 aliphatic carbocycles. The lowest BCUT2D eigenvalue weighted by Gasteiger charge is -2.14. The summed E-state index contributed by atoms with van der Waals surface area (Å²) in [6.07, 6.45) is 0.801. The molecule has 0 spiro atoms. The van der Waals surface area contributed by atoms with E-state index in [4.69, 9.17) is 16.3 Å². The van der Waals surface area contributed by atoms with Crippen LogP contribution in [0.4, 0.5) is 0 Å². The third kappa shape index (κ3) is 7.88. The summed E-state index contributed by atoms with van der Waals surface area (Å²) in [7, 11) is 0. The van der Waals surface area contributed by atoms with E-state index in [1.54, 1.807) is 0 Å². The molecule has 0 heterocycles. The van der Waals surface area contributed by atoms with E-state index >= 15 is 0 Å². The summed E-state index contributed by atoms with van der Waals surface area (Å²) in [5, 5.41) is 3.67.